The molecule has 132 valence electrons. The first-order chi connectivity index (χ1) is 11.9. The van der Waals surface area contributed by atoms with Gasteiger partial charge in [0.15, 0.2) is 6.61 Å². The number of nitriles is 1. The number of rotatable bonds is 8. The fourth-order valence-corrected chi connectivity index (χ4v) is 2.00. The summed E-state index contributed by atoms with van der Waals surface area (Å²) in [4.78, 5) is 25.6. The van der Waals surface area contributed by atoms with E-state index in [-0.39, 0.29) is 11.5 Å². The quantitative estimate of drug-likeness (QED) is 0.314. The Balaban J connectivity index is 2.72. The Morgan fingerprint density at radius 3 is 2.44 bits per heavy atom. The van der Waals surface area contributed by atoms with Crippen LogP contribution in [0.2, 0.25) is 0 Å². The molecule has 1 rings (SSSR count). The normalized spacial score (nSPS) is 10.6. The number of methoxy groups -OCH3 is 1. The molecule has 0 aliphatic rings. The molecule has 1 amide bonds. The minimum Gasteiger partial charge on any atom is -0.497 e. The van der Waals surface area contributed by atoms with Crippen LogP contribution < -0.4 is 4.74 Å². The highest BCUT2D eigenvalue weighted by Gasteiger charge is 2.16. The fourth-order valence-electron chi connectivity index (χ4n) is 2.00. The van der Waals surface area contributed by atoms with Gasteiger partial charge in [-0.25, -0.2) is 4.79 Å². The number of esters is 1. The van der Waals surface area contributed by atoms with Crippen molar-refractivity contribution in [2.45, 2.75) is 13.8 Å². The van der Waals surface area contributed by atoms with E-state index in [1.807, 2.05) is 13.8 Å². The van der Waals surface area contributed by atoms with E-state index in [0.717, 1.165) is 5.57 Å². The maximum absolute atomic E-state index is 12.0. The molecule has 0 spiro atoms. The Bertz CT molecular complexity index is 699. The molecule has 0 N–H and O–H groups in total. The lowest BCUT2D eigenvalue weighted by atomic mass is 10.1. The van der Waals surface area contributed by atoms with Crippen LogP contribution in [0.1, 0.15) is 19.4 Å². The summed E-state index contributed by atoms with van der Waals surface area (Å²) in [6.07, 6.45) is 1.40. The zero-order valence-corrected chi connectivity index (χ0v) is 14.7. The number of hydrogen-bond acceptors (Lipinski definition) is 5. The van der Waals surface area contributed by atoms with Crippen molar-refractivity contribution in [3.63, 3.8) is 0 Å². The van der Waals surface area contributed by atoms with Crippen molar-refractivity contribution in [3.8, 4) is 11.8 Å². The first kappa shape index (κ1) is 20.0. The molecule has 0 aromatic heterocycles. The average Bonchev–Trinajstić information content (AvgIpc) is 2.62. The summed E-state index contributed by atoms with van der Waals surface area (Å²) in [5.41, 5.74) is 1.30. The molecule has 6 heteroatoms. The van der Waals surface area contributed by atoms with E-state index in [2.05, 4.69) is 6.58 Å². The van der Waals surface area contributed by atoms with Crippen molar-refractivity contribution >= 4 is 18.0 Å². The van der Waals surface area contributed by atoms with Crippen molar-refractivity contribution in [3.05, 3.63) is 47.6 Å². The lowest BCUT2D eigenvalue weighted by Crippen LogP contribution is -2.35. The van der Waals surface area contributed by atoms with Crippen molar-refractivity contribution in [1.82, 2.24) is 4.90 Å². The van der Waals surface area contributed by atoms with E-state index in [1.165, 1.54) is 11.0 Å². The third-order valence-electron chi connectivity index (χ3n) is 3.29. The number of nitrogens with zero attached hydrogens (tertiary/aromatic N) is 2. The summed E-state index contributed by atoms with van der Waals surface area (Å²) < 4.78 is 10.0. The topological polar surface area (TPSA) is 79.6 Å². The summed E-state index contributed by atoms with van der Waals surface area (Å²) in [5, 5.41) is 9.15. The summed E-state index contributed by atoms with van der Waals surface area (Å²) >= 11 is 0. The number of likely N-dealkylation sites (N-methyl/N-ethyl adjacent to an activating group) is 1. The molecular formula is C19H22N2O4. The molecule has 0 bridgehead atoms. The third-order valence-corrected chi connectivity index (χ3v) is 3.29. The van der Waals surface area contributed by atoms with Crippen molar-refractivity contribution in [2.24, 2.45) is 0 Å². The molecular weight excluding hydrogens is 320 g/mol. The predicted molar refractivity (Wildman–Crippen MR) is 94.6 cm³/mol. The Morgan fingerprint density at radius 1 is 1.32 bits per heavy atom. The summed E-state index contributed by atoms with van der Waals surface area (Å²) in [6.45, 7) is 7.87. The van der Waals surface area contributed by atoms with Crippen LogP contribution in [0.4, 0.5) is 0 Å². The van der Waals surface area contributed by atoms with Gasteiger partial charge < -0.3 is 14.4 Å². The number of carbonyl (C=O) groups excluding carboxylic acids is 2. The molecule has 0 heterocycles. The molecule has 0 aliphatic carbocycles. The molecule has 0 saturated carbocycles. The second-order valence-corrected chi connectivity index (χ2v) is 5.38. The van der Waals surface area contributed by atoms with E-state index < -0.39 is 12.6 Å². The second kappa shape index (κ2) is 9.93. The Kier molecular flexibility index (Phi) is 7.94. The number of benzene rings is 1. The monoisotopic (exact) mass is 342 g/mol. The van der Waals surface area contributed by atoms with Crippen LogP contribution in [0.15, 0.2) is 42.0 Å². The molecule has 1 aromatic rings. The van der Waals surface area contributed by atoms with Crippen molar-refractivity contribution in [2.75, 3.05) is 26.8 Å². The summed E-state index contributed by atoms with van der Waals surface area (Å²) in [7, 11) is 1.55. The lowest BCUT2D eigenvalue weighted by molar-refractivity contribution is -0.148. The molecule has 0 radical (unpaired) electrons. The maximum Gasteiger partial charge on any atom is 0.349 e. The molecule has 0 fully saturated rings. The van der Waals surface area contributed by atoms with Crippen LogP contribution in [-0.2, 0) is 14.3 Å². The van der Waals surface area contributed by atoms with Crippen LogP contribution in [-0.4, -0.2) is 43.6 Å². The number of amides is 1. The Morgan fingerprint density at radius 2 is 1.96 bits per heavy atom. The molecule has 1 aromatic carbocycles. The zero-order chi connectivity index (χ0) is 18.8. The minimum atomic E-state index is -0.835. The highest BCUT2D eigenvalue weighted by Crippen LogP contribution is 2.14. The van der Waals surface area contributed by atoms with Gasteiger partial charge in [-0.1, -0.05) is 24.3 Å². The predicted octanol–water partition coefficient (Wildman–Crippen LogP) is 2.57. The maximum atomic E-state index is 12.0. The average molecular weight is 342 g/mol. The van der Waals surface area contributed by atoms with Gasteiger partial charge in [0.25, 0.3) is 5.91 Å². The van der Waals surface area contributed by atoms with Crippen LogP contribution >= 0.6 is 0 Å². The number of carbonyl (C=O) groups is 2. The van der Waals surface area contributed by atoms with Crippen molar-refractivity contribution < 1.29 is 19.1 Å². The first-order valence-electron chi connectivity index (χ1n) is 7.76. The van der Waals surface area contributed by atoms with Gasteiger partial charge in [0.2, 0.25) is 0 Å². The van der Waals surface area contributed by atoms with E-state index in [0.29, 0.717) is 24.4 Å². The highest BCUT2D eigenvalue weighted by molar-refractivity contribution is 5.98. The summed E-state index contributed by atoms with van der Waals surface area (Å²) in [5.74, 6) is -0.500. The molecule has 0 atom stereocenters. The largest absolute Gasteiger partial charge is 0.497 e. The van der Waals surface area contributed by atoms with Crippen LogP contribution in [0.5, 0.6) is 5.75 Å². The molecule has 0 saturated heterocycles. The van der Waals surface area contributed by atoms with E-state index in [1.54, 1.807) is 37.4 Å². The van der Waals surface area contributed by atoms with Crippen LogP contribution in [0.3, 0.4) is 0 Å². The number of ether oxygens (including phenoxy) is 2. The first-order valence-corrected chi connectivity index (χ1v) is 7.76. The zero-order valence-electron chi connectivity index (χ0n) is 14.7. The van der Waals surface area contributed by atoms with Gasteiger partial charge in [-0.3, -0.25) is 4.79 Å². The standard InChI is InChI=1S/C19H22N2O4/c1-5-21(12-14(2)3)18(22)13-25-19(23)16(11-20)10-15-6-8-17(24-4)9-7-15/h6-10H,2,5,12-13H2,1,3-4H3/b16-10+. The number of hydrogen-bond donors (Lipinski definition) is 0. The van der Waals surface area contributed by atoms with E-state index >= 15 is 0 Å². The van der Waals surface area contributed by atoms with Crippen LogP contribution in [0.25, 0.3) is 6.08 Å². The molecule has 0 unspecified atom stereocenters. The minimum absolute atomic E-state index is 0.180. The van der Waals surface area contributed by atoms with Crippen LogP contribution in [0, 0.1) is 11.3 Å². The van der Waals surface area contributed by atoms with Gasteiger partial charge >= 0.3 is 5.97 Å². The molecule has 25 heavy (non-hydrogen) atoms. The van der Waals surface area contributed by atoms with Gasteiger partial charge in [0.1, 0.15) is 17.4 Å². The van der Waals surface area contributed by atoms with Crippen molar-refractivity contribution in [1.29, 1.82) is 5.26 Å². The van der Waals surface area contributed by atoms with Gasteiger partial charge in [-0.05, 0) is 37.6 Å². The van der Waals surface area contributed by atoms with Gasteiger partial charge in [-0.15, -0.1) is 0 Å². The van der Waals surface area contributed by atoms with Gasteiger partial charge in [0.05, 0.1) is 7.11 Å². The second-order valence-electron chi connectivity index (χ2n) is 5.38. The molecule has 0 aliphatic heterocycles. The summed E-state index contributed by atoms with van der Waals surface area (Å²) in [6, 6.07) is 8.64. The Hall–Kier alpha value is -3.07. The van der Waals surface area contributed by atoms with Gasteiger partial charge in [-0.2, -0.15) is 5.26 Å². The van der Waals surface area contributed by atoms with Gasteiger partial charge in [0, 0.05) is 13.1 Å². The highest BCUT2D eigenvalue weighted by atomic mass is 16.5. The third kappa shape index (κ3) is 6.51. The SMILES string of the molecule is C=C(C)CN(CC)C(=O)COC(=O)/C(C#N)=C/c1ccc(OC)cc1. The molecule has 6 nitrogen and oxygen atoms in total. The Labute approximate surface area is 147 Å². The smallest absolute Gasteiger partial charge is 0.349 e. The van der Waals surface area contributed by atoms with E-state index in [4.69, 9.17) is 14.7 Å². The lowest BCUT2D eigenvalue weighted by Gasteiger charge is -2.20. The van der Waals surface area contributed by atoms with E-state index in [9.17, 15) is 9.59 Å². The fraction of sp³-hybridized carbons (Fsp3) is 0.316.